The SMILES string of the molecule is O=C(Nc1ccc2nc3ccccc3nc2c1)c1cccc2nc3ccccc3nc12. The Kier molecular flexibility index (Phi) is 3.83. The van der Waals surface area contributed by atoms with E-state index in [1.807, 2.05) is 78.9 Å². The van der Waals surface area contributed by atoms with Gasteiger partial charge in [0.05, 0.1) is 44.2 Å². The second kappa shape index (κ2) is 6.81. The number of benzene rings is 4. The lowest BCUT2D eigenvalue weighted by atomic mass is 10.1. The summed E-state index contributed by atoms with van der Waals surface area (Å²) in [5.41, 5.74) is 7.08. The average molecular weight is 401 g/mol. The van der Waals surface area contributed by atoms with E-state index in [1.54, 1.807) is 6.07 Å². The zero-order valence-electron chi connectivity index (χ0n) is 16.3. The minimum Gasteiger partial charge on any atom is -0.322 e. The van der Waals surface area contributed by atoms with Crippen LogP contribution < -0.4 is 5.32 Å². The molecular formula is C25H15N5O. The Morgan fingerprint density at radius 1 is 0.548 bits per heavy atom. The van der Waals surface area contributed by atoms with Gasteiger partial charge in [0.25, 0.3) is 5.91 Å². The first-order valence-electron chi connectivity index (χ1n) is 9.88. The van der Waals surface area contributed by atoms with Gasteiger partial charge in [-0.2, -0.15) is 0 Å². The third-order valence-electron chi connectivity index (χ3n) is 5.21. The molecule has 0 saturated carbocycles. The van der Waals surface area contributed by atoms with Gasteiger partial charge >= 0.3 is 0 Å². The maximum absolute atomic E-state index is 13.1. The lowest BCUT2D eigenvalue weighted by Gasteiger charge is -2.09. The van der Waals surface area contributed by atoms with Crippen molar-refractivity contribution in [1.82, 2.24) is 19.9 Å². The average Bonchev–Trinajstić information content (AvgIpc) is 2.81. The third-order valence-corrected chi connectivity index (χ3v) is 5.21. The van der Waals surface area contributed by atoms with Crippen molar-refractivity contribution in [2.75, 3.05) is 5.32 Å². The third kappa shape index (κ3) is 3.02. The number of fused-ring (bicyclic) bond motifs is 4. The van der Waals surface area contributed by atoms with Crippen molar-refractivity contribution in [2.24, 2.45) is 0 Å². The molecule has 0 bridgehead atoms. The van der Waals surface area contributed by atoms with Crippen molar-refractivity contribution in [3.05, 3.63) is 90.5 Å². The molecule has 0 unspecified atom stereocenters. The molecule has 0 saturated heterocycles. The highest BCUT2D eigenvalue weighted by Gasteiger charge is 2.14. The van der Waals surface area contributed by atoms with E-state index >= 15 is 0 Å². The van der Waals surface area contributed by atoms with Gasteiger partial charge in [-0.3, -0.25) is 4.79 Å². The summed E-state index contributed by atoms with van der Waals surface area (Å²) < 4.78 is 0. The van der Waals surface area contributed by atoms with Crippen molar-refractivity contribution in [3.8, 4) is 0 Å². The molecule has 0 radical (unpaired) electrons. The second-order valence-electron chi connectivity index (χ2n) is 7.26. The molecule has 6 aromatic rings. The van der Waals surface area contributed by atoms with Crippen LogP contribution in [0.5, 0.6) is 0 Å². The van der Waals surface area contributed by atoms with Crippen LogP contribution in [0.1, 0.15) is 10.4 Å². The quantitative estimate of drug-likeness (QED) is 0.407. The van der Waals surface area contributed by atoms with Crippen LogP contribution >= 0.6 is 0 Å². The Morgan fingerprint density at radius 3 is 1.81 bits per heavy atom. The lowest BCUT2D eigenvalue weighted by Crippen LogP contribution is -2.13. The molecule has 0 aliphatic heterocycles. The Labute approximate surface area is 176 Å². The van der Waals surface area contributed by atoms with Crippen LogP contribution in [0.4, 0.5) is 5.69 Å². The fourth-order valence-corrected chi connectivity index (χ4v) is 3.72. The molecule has 0 aliphatic rings. The topological polar surface area (TPSA) is 80.7 Å². The molecule has 0 spiro atoms. The largest absolute Gasteiger partial charge is 0.322 e. The molecule has 2 heterocycles. The Balaban J connectivity index is 1.40. The number of para-hydroxylation sites is 5. The summed E-state index contributed by atoms with van der Waals surface area (Å²) in [5, 5.41) is 2.96. The van der Waals surface area contributed by atoms with Crippen LogP contribution in [0.25, 0.3) is 44.1 Å². The van der Waals surface area contributed by atoms with E-state index in [2.05, 4.69) is 25.3 Å². The maximum Gasteiger partial charge on any atom is 0.257 e. The lowest BCUT2D eigenvalue weighted by molar-refractivity contribution is 0.102. The smallest absolute Gasteiger partial charge is 0.257 e. The fraction of sp³-hybridized carbons (Fsp3) is 0. The van der Waals surface area contributed by atoms with Gasteiger partial charge in [0.2, 0.25) is 0 Å². The van der Waals surface area contributed by atoms with Gasteiger partial charge in [-0.25, -0.2) is 19.9 Å². The van der Waals surface area contributed by atoms with Gasteiger partial charge in [0.15, 0.2) is 0 Å². The van der Waals surface area contributed by atoms with Gasteiger partial charge in [0, 0.05) is 5.69 Å². The molecule has 1 N–H and O–H groups in total. The number of hydrogen-bond donors (Lipinski definition) is 1. The summed E-state index contributed by atoms with van der Waals surface area (Å²) in [7, 11) is 0. The number of rotatable bonds is 2. The summed E-state index contributed by atoms with van der Waals surface area (Å²) in [4.78, 5) is 31.7. The van der Waals surface area contributed by atoms with E-state index in [1.165, 1.54) is 0 Å². The van der Waals surface area contributed by atoms with Crippen LogP contribution in [0.15, 0.2) is 84.9 Å². The van der Waals surface area contributed by atoms with Gasteiger partial charge < -0.3 is 5.32 Å². The molecule has 6 nitrogen and oxygen atoms in total. The molecule has 0 fully saturated rings. The molecule has 1 amide bonds. The molecule has 0 atom stereocenters. The molecule has 6 heteroatoms. The first-order chi connectivity index (χ1) is 15.2. The van der Waals surface area contributed by atoms with E-state index < -0.39 is 0 Å². The van der Waals surface area contributed by atoms with Crippen LogP contribution in [0.2, 0.25) is 0 Å². The van der Waals surface area contributed by atoms with Crippen molar-refractivity contribution in [2.45, 2.75) is 0 Å². The second-order valence-corrected chi connectivity index (χ2v) is 7.26. The summed E-state index contributed by atoms with van der Waals surface area (Å²) in [6.45, 7) is 0. The van der Waals surface area contributed by atoms with Gasteiger partial charge in [-0.05, 0) is 54.6 Å². The first kappa shape index (κ1) is 17.4. The number of anilines is 1. The zero-order valence-corrected chi connectivity index (χ0v) is 16.3. The predicted octanol–water partition coefficient (Wildman–Crippen LogP) is 5.13. The highest BCUT2D eigenvalue weighted by atomic mass is 16.1. The molecule has 6 rings (SSSR count). The van der Waals surface area contributed by atoms with Gasteiger partial charge in [-0.1, -0.05) is 30.3 Å². The standard InChI is InChI=1S/C25H15N5O/c31-25(16-6-5-11-22-24(16)30-20-10-4-3-9-19(20)28-22)26-15-12-13-21-23(14-15)29-18-8-2-1-7-17(18)27-21/h1-14H,(H,26,31). The minimum absolute atomic E-state index is 0.247. The number of nitrogens with one attached hydrogen (secondary N) is 1. The van der Waals surface area contributed by atoms with E-state index in [4.69, 9.17) is 0 Å². The predicted molar refractivity (Wildman–Crippen MR) is 122 cm³/mol. The molecule has 4 aromatic carbocycles. The number of aromatic nitrogens is 4. The van der Waals surface area contributed by atoms with Crippen LogP contribution in [0.3, 0.4) is 0 Å². The normalized spacial score (nSPS) is 11.4. The van der Waals surface area contributed by atoms with E-state index in [9.17, 15) is 4.79 Å². The summed E-state index contributed by atoms with van der Waals surface area (Å²) in [5.74, 6) is -0.247. The van der Waals surface area contributed by atoms with Gasteiger partial charge in [-0.15, -0.1) is 0 Å². The molecule has 31 heavy (non-hydrogen) atoms. The maximum atomic E-state index is 13.1. The Hall–Kier alpha value is -4.45. The Bertz CT molecular complexity index is 1640. The number of hydrogen-bond acceptors (Lipinski definition) is 5. The summed E-state index contributed by atoms with van der Waals surface area (Å²) >= 11 is 0. The van der Waals surface area contributed by atoms with Crippen molar-refractivity contribution >= 4 is 55.7 Å². The highest BCUT2D eigenvalue weighted by molar-refractivity contribution is 6.12. The first-order valence-corrected chi connectivity index (χ1v) is 9.88. The molecule has 0 aliphatic carbocycles. The number of nitrogens with zero attached hydrogens (tertiary/aromatic N) is 4. The molecule has 2 aromatic heterocycles. The van der Waals surface area contributed by atoms with Gasteiger partial charge in [0.1, 0.15) is 5.52 Å². The zero-order chi connectivity index (χ0) is 20.8. The van der Waals surface area contributed by atoms with Crippen LogP contribution in [-0.4, -0.2) is 25.8 Å². The van der Waals surface area contributed by atoms with E-state index in [0.717, 1.165) is 33.1 Å². The highest BCUT2D eigenvalue weighted by Crippen LogP contribution is 2.23. The fourth-order valence-electron chi connectivity index (χ4n) is 3.72. The van der Waals surface area contributed by atoms with E-state index in [0.29, 0.717) is 22.3 Å². The minimum atomic E-state index is -0.247. The van der Waals surface area contributed by atoms with Crippen LogP contribution in [0, 0.1) is 0 Å². The number of amides is 1. The van der Waals surface area contributed by atoms with Crippen molar-refractivity contribution in [3.63, 3.8) is 0 Å². The number of carbonyl (C=O) groups is 1. The van der Waals surface area contributed by atoms with Crippen molar-refractivity contribution < 1.29 is 4.79 Å². The molecular weight excluding hydrogens is 386 g/mol. The monoisotopic (exact) mass is 401 g/mol. The van der Waals surface area contributed by atoms with E-state index in [-0.39, 0.29) is 5.91 Å². The van der Waals surface area contributed by atoms with Crippen molar-refractivity contribution in [1.29, 1.82) is 0 Å². The molecule has 146 valence electrons. The van der Waals surface area contributed by atoms with Crippen LogP contribution in [-0.2, 0) is 0 Å². The Morgan fingerprint density at radius 2 is 1.10 bits per heavy atom. The summed E-state index contributed by atoms with van der Waals surface area (Å²) in [6, 6.07) is 26.3. The summed E-state index contributed by atoms with van der Waals surface area (Å²) in [6.07, 6.45) is 0. The number of carbonyl (C=O) groups excluding carboxylic acids is 1.